The van der Waals surface area contributed by atoms with Crippen molar-refractivity contribution in [2.45, 2.75) is 51.4 Å². The Morgan fingerprint density at radius 2 is 1.31 bits per heavy atom. The predicted octanol–water partition coefficient (Wildman–Crippen LogP) is 7.20. The molecule has 0 amide bonds. The zero-order valence-electron chi connectivity index (χ0n) is 18.5. The van der Waals surface area contributed by atoms with Gasteiger partial charge < -0.3 is 10.2 Å². The highest BCUT2D eigenvalue weighted by Gasteiger charge is 2.27. The molecule has 0 aliphatic heterocycles. The van der Waals surface area contributed by atoms with Gasteiger partial charge in [-0.2, -0.15) is 0 Å². The Hall–Kier alpha value is -3.40. The summed E-state index contributed by atoms with van der Waals surface area (Å²) in [6.07, 6.45) is 4.42. The van der Waals surface area contributed by atoms with E-state index in [1.165, 1.54) is 0 Å². The van der Waals surface area contributed by atoms with Crippen molar-refractivity contribution >= 4 is 11.9 Å². The molecule has 32 heavy (non-hydrogen) atoms. The monoisotopic (exact) mass is 428 g/mol. The van der Waals surface area contributed by atoms with E-state index in [0.29, 0.717) is 17.0 Å². The lowest BCUT2D eigenvalue weighted by molar-refractivity contribution is 0.0686. The molecule has 4 nitrogen and oxygen atoms in total. The minimum atomic E-state index is -0.990. The van der Waals surface area contributed by atoms with Crippen molar-refractivity contribution in [2.24, 2.45) is 0 Å². The number of benzene rings is 3. The highest BCUT2D eigenvalue weighted by Crippen LogP contribution is 2.46. The molecule has 0 bridgehead atoms. The van der Waals surface area contributed by atoms with E-state index in [0.717, 1.165) is 47.9 Å². The second-order valence-electron chi connectivity index (χ2n) is 8.87. The molecule has 1 saturated carbocycles. The van der Waals surface area contributed by atoms with Crippen molar-refractivity contribution in [2.75, 3.05) is 0 Å². The Morgan fingerprint density at radius 1 is 0.781 bits per heavy atom. The van der Waals surface area contributed by atoms with Crippen molar-refractivity contribution < 1.29 is 19.8 Å². The van der Waals surface area contributed by atoms with Gasteiger partial charge in [0, 0.05) is 0 Å². The highest BCUT2D eigenvalue weighted by molar-refractivity contribution is 6.03. The first-order valence-electron chi connectivity index (χ1n) is 11.2. The SMILES string of the molecule is CC(C)c1cc(-c2ccccc2C(=O)O)c(-c2ccccc2C(=O)O)c(C2CCCC2)c1. The van der Waals surface area contributed by atoms with Crippen LogP contribution in [-0.4, -0.2) is 22.2 Å². The largest absolute Gasteiger partial charge is 0.478 e. The Labute approximate surface area is 188 Å². The molecule has 4 heteroatoms. The van der Waals surface area contributed by atoms with Gasteiger partial charge in [-0.1, -0.05) is 75.2 Å². The number of rotatable bonds is 6. The minimum absolute atomic E-state index is 0.222. The summed E-state index contributed by atoms with van der Waals surface area (Å²) in [5, 5.41) is 19.8. The van der Waals surface area contributed by atoms with Crippen LogP contribution < -0.4 is 0 Å². The summed E-state index contributed by atoms with van der Waals surface area (Å²) in [6, 6.07) is 18.3. The van der Waals surface area contributed by atoms with Crippen LogP contribution in [0.5, 0.6) is 0 Å². The third-order valence-corrected chi connectivity index (χ3v) is 6.53. The lowest BCUT2D eigenvalue weighted by atomic mass is 9.79. The van der Waals surface area contributed by atoms with Gasteiger partial charge in [0.15, 0.2) is 0 Å². The van der Waals surface area contributed by atoms with Crippen LogP contribution in [0.4, 0.5) is 0 Å². The Bertz CT molecular complexity index is 1170. The van der Waals surface area contributed by atoms with Gasteiger partial charge in [0.05, 0.1) is 11.1 Å². The molecule has 2 N–H and O–H groups in total. The van der Waals surface area contributed by atoms with Gasteiger partial charge in [0.2, 0.25) is 0 Å². The van der Waals surface area contributed by atoms with Crippen LogP contribution in [0.3, 0.4) is 0 Å². The van der Waals surface area contributed by atoms with E-state index in [-0.39, 0.29) is 17.0 Å². The molecule has 1 aliphatic rings. The molecule has 1 aliphatic carbocycles. The van der Waals surface area contributed by atoms with Crippen LogP contribution >= 0.6 is 0 Å². The van der Waals surface area contributed by atoms with Crippen LogP contribution in [0.2, 0.25) is 0 Å². The molecule has 0 spiro atoms. The smallest absolute Gasteiger partial charge is 0.336 e. The summed E-state index contributed by atoms with van der Waals surface area (Å²) >= 11 is 0. The van der Waals surface area contributed by atoms with E-state index in [2.05, 4.69) is 26.0 Å². The van der Waals surface area contributed by atoms with Crippen molar-refractivity contribution in [1.29, 1.82) is 0 Å². The zero-order chi connectivity index (χ0) is 22.8. The molecule has 3 aromatic rings. The molecule has 1 fully saturated rings. The van der Waals surface area contributed by atoms with Crippen molar-refractivity contribution in [3.63, 3.8) is 0 Å². The van der Waals surface area contributed by atoms with Crippen LogP contribution in [0, 0.1) is 0 Å². The third-order valence-electron chi connectivity index (χ3n) is 6.53. The predicted molar refractivity (Wildman–Crippen MR) is 127 cm³/mol. The van der Waals surface area contributed by atoms with Gasteiger partial charge in [0.25, 0.3) is 0 Å². The number of carboxylic acids is 2. The maximum absolute atomic E-state index is 12.1. The molecular formula is C28H28O4. The van der Waals surface area contributed by atoms with Crippen molar-refractivity contribution in [3.05, 3.63) is 82.9 Å². The Balaban J connectivity index is 2.13. The fourth-order valence-corrected chi connectivity index (χ4v) is 4.88. The first-order valence-corrected chi connectivity index (χ1v) is 11.2. The van der Waals surface area contributed by atoms with Crippen LogP contribution in [0.15, 0.2) is 60.7 Å². The Morgan fingerprint density at radius 3 is 1.88 bits per heavy atom. The lowest BCUT2D eigenvalue weighted by Crippen LogP contribution is -2.07. The maximum Gasteiger partial charge on any atom is 0.336 e. The van der Waals surface area contributed by atoms with Crippen molar-refractivity contribution in [1.82, 2.24) is 0 Å². The summed E-state index contributed by atoms with van der Waals surface area (Å²) in [5.41, 5.74) is 5.65. The summed E-state index contributed by atoms with van der Waals surface area (Å²) in [5.74, 6) is -1.38. The van der Waals surface area contributed by atoms with E-state index < -0.39 is 11.9 Å². The number of carboxylic acid groups (broad SMARTS) is 2. The van der Waals surface area contributed by atoms with E-state index in [9.17, 15) is 19.8 Å². The molecule has 0 radical (unpaired) electrons. The molecule has 0 unspecified atom stereocenters. The van der Waals surface area contributed by atoms with Gasteiger partial charge in [0.1, 0.15) is 0 Å². The molecular weight excluding hydrogens is 400 g/mol. The van der Waals surface area contributed by atoms with Gasteiger partial charge >= 0.3 is 11.9 Å². The third kappa shape index (κ3) is 4.05. The molecule has 0 heterocycles. The van der Waals surface area contributed by atoms with Gasteiger partial charge in [-0.3, -0.25) is 0 Å². The summed E-state index contributed by atoms with van der Waals surface area (Å²) in [4.78, 5) is 24.2. The van der Waals surface area contributed by atoms with E-state index in [4.69, 9.17) is 0 Å². The van der Waals surface area contributed by atoms with Crippen LogP contribution in [0.25, 0.3) is 22.3 Å². The van der Waals surface area contributed by atoms with Crippen LogP contribution in [0.1, 0.15) is 83.2 Å². The maximum atomic E-state index is 12.1. The quantitative estimate of drug-likeness (QED) is 0.435. The number of aromatic carboxylic acids is 2. The molecule has 0 aromatic heterocycles. The van der Waals surface area contributed by atoms with Gasteiger partial charge in [-0.15, -0.1) is 0 Å². The molecule has 164 valence electrons. The number of hydrogen-bond donors (Lipinski definition) is 2. The lowest BCUT2D eigenvalue weighted by Gasteiger charge is -2.24. The summed E-state index contributed by atoms with van der Waals surface area (Å²) < 4.78 is 0. The summed E-state index contributed by atoms with van der Waals surface area (Å²) in [7, 11) is 0. The topological polar surface area (TPSA) is 74.6 Å². The average Bonchev–Trinajstić information content (AvgIpc) is 3.33. The summed E-state index contributed by atoms with van der Waals surface area (Å²) in [6.45, 7) is 4.26. The standard InChI is InChI=1S/C28H28O4/c1-17(2)19-15-24(18-9-3-4-10-18)26(21-12-6-8-14-23(21)28(31)32)25(16-19)20-11-5-7-13-22(20)27(29)30/h5-8,11-18H,3-4,9-10H2,1-2H3,(H,29,30)(H,31,32). The van der Waals surface area contributed by atoms with Gasteiger partial charge in [-0.25, -0.2) is 9.59 Å². The second-order valence-corrected chi connectivity index (χ2v) is 8.87. The van der Waals surface area contributed by atoms with Crippen LogP contribution in [-0.2, 0) is 0 Å². The molecule has 3 aromatic carbocycles. The Kier molecular flexibility index (Phi) is 6.13. The first kappa shape index (κ1) is 21.8. The number of hydrogen-bond acceptors (Lipinski definition) is 2. The van der Waals surface area contributed by atoms with E-state index >= 15 is 0 Å². The van der Waals surface area contributed by atoms with E-state index in [1.807, 2.05) is 24.3 Å². The fourth-order valence-electron chi connectivity index (χ4n) is 4.88. The highest BCUT2D eigenvalue weighted by atomic mass is 16.4. The van der Waals surface area contributed by atoms with E-state index in [1.54, 1.807) is 24.3 Å². The average molecular weight is 429 g/mol. The van der Waals surface area contributed by atoms with Crippen molar-refractivity contribution in [3.8, 4) is 22.3 Å². The molecule has 0 saturated heterocycles. The second kappa shape index (κ2) is 8.99. The zero-order valence-corrected chi connectivity index (χ0v) is 18.5. The molecule has 0 atom stereocenters. The normalized spacial score (nSPS) is 14.1. The fraction of sp³-hybridized carbons (Fsp3) is 0.286. The number of carbonyl (C=O) groups is 2. The molecule has 4 rings (SSSR count). The van der Waals surface area contributed by atoms with Gasteiger partial charge in [-0.05, 0) is 70.2 Å². The minimum Gasteiger partial charge on any atom is -0.478 e. The first-order chi connectivity index (χ1) is 15.4.